The first-order valence-corrected chi connectivity index (χ1v) is 6.28. The fourth-order valence-electron chi connectivity index (χ4n) is 2.62. The molecular formula is C17H9FO2. The van der Waals surface area contributed by atoms with Crippen LogP contribution in [0.3, 0.4) is 0 Å². The highest BCUT2D eigenvalue weighted by atomic mass is 19.1. The summed E-state index contributed by atoms with van der Waals surface area (Å²) in [4.78, 5) is 12.6. The summed E-state index contributed by atoms with van der Waals surface area (Å²) >= 11 is 0. The Morgan fingerprint density at radius 2 is 1.55 bits per heavy atom. The molecule has 20 heavy (non-hydrogen) atoms. The van der Waals surface area contributed by atoms with Gasteiger partial charge < -0.3 is 4.42 Å². The lowest BCUT2D eigenvalue weighted by atomic mass is 10.0. The molecule has 0 fully saturated rings. The number of fused-ring (bicyclic) bond motifs is 4. The Labute approximate surface area is 113 Å². The van der Waals surface area contributed by atoms with Gasteiger partial charge in [0.15, 0.2) is 0 Å². The van der Waals surface area contributed by atoms with Crippen molar-refractivity contribution in [2.24, 2.45) is 0 Å². The zero-order valence-corrected chi connectivity index (χ0v) is 10.4. The second-order valence-corrected chi connectivity index (χ2v) is 4.70. The van der Waals surface area contributed by atoms with Gasteiger partial charge in [-0.1, -0.05) is 24.3 Å². The van der Waals surface area contributed by atoms with E-state index >= 15 is 0 Å². The fraction of sp³-hybridized carbons (Fsp3) is 0. The SMILES string of the molecule is O=c1c2ccccc2oc2ccc3c(F)cccc3c12. The van der Waals surface area contributed by atoms with Gasteiger partial charge in [0.1, 0.15) is 17.0 Å². The molecule has 0 saturated heterocycles. The van der Waals surface area contributed by atoms with E-state index in [-0.39, 0.29) is 11.2 Å². The Morgan fingerprint density at radius 3 is 2.45 bits per heavy atom. The summed E-state index contributed by atoms with van der Waals surface area (Å²) in [5.41, 5.74) is 0.894. The molecule has 0 aliphatic carbocycles. The van der Waals surface area contributed by atoms with Crippen LogP contribution in [0.15, 0.2) is 63.8 Å². The highest BCUT2D eigenvalue weighted by Crippen LogP contribution is 2.27. The molecule has 0 spiro atoms. The molecule has 4 rings (SSSR count). The lowest BCUT2D eigenvalue weighted by molar-refractivity contribution is 0.639. The van der Waals surface area contributed by atoms with E-state index < -0.39 is 0 Å². The van der Waals surface area contributed by atoms with E-state index in [1.54, 1.807) is 42.5 Å². The number of rotatable bonds is 0. The topological polar surface area (TPSA) is 30.2 Å². The molecule has 0 bridgehead atoms. The Bertz CT molecular complexity index is 1030. The second-order valence-electron chi connectivity index (χ2n) is 4.70. The van der Waals surface area contributed by atoms with Crippen molar-refractivity contribution in [3.63, 3.8) is 0 Å². The van der Waals surface area contributed by atoms with Gasteiger partial charge in [-0.05, 0) is 35.7 Å². The zero-order valence-electron chi connectivity index (χ0n) is 10.4. The van der Waals surface area contributed by atoms with Crippen LogP contribution < -0.4 is 5.43 Å². The van der Waals surface area contributed by atoms with Gasteiger partial charge in [-0.2, -0.15) is 0 Å². The molecule has 3 aromatic carbocycles. The Balaban J connectivity index is 2.36. The maximum atomic E-state index is 13.8. The van der Waals surface area contributed by atoms with Gasteiger partial charge in [-0.15, -0.1) is 0 Å². The van der Waals surface area contributed by atoms with Gasteiger partial charge in [0.05, 0.1) is 10.8 Å². The molecular weight excluding hydrogens is 255 g/mol. The molecule has 0 amide bonds. The predicted molar refractivity (Wildman–Crippen MR) is 77.5 cm³/mol. The third-order valence-corrected chi connectivity index (χ3v) is 3.55. The van der Waals surface area contributed by atoms with Crippen molar-refractivity contribution in [3.05, 3.63) is 70.6 Å². The molecule has 1 heterocycles. The number of halogens is 1. The summed E-state index contributed by atoms with van der Waals surface area (Å²) in [6, 6.07) is 15.1. The molecule has 0 unspecified atom stereocenters. The average Bonchev–Trinajstić information content (AvgIpc) is 2.47. The Morgan fingerprint density at radius 1 is 0.750 bits per heavy atom. The van der Waals surface area contributed by atoms with E-state index in [1.807, 2.05) is 6.07 Å². The first-order chi connectivity index (χ1) is 9.75. The number of hydrogen-bond donors (Lipinski definition) is 0. The Kier molecular flexibility index (Phi) is 2.18. The molecule has 1 aromatic heterocycles. The molecule has 0 atom stereocenters. The maximum absolute atomic E-state index is 13.8. The summed E-state index contributed by atoms with van der Waals surface area (Å²) in [5.74, 6) is -0.336. The van der Waals surface area contributed by atoms with E-state index in [9.17, 15) is 9.18 Å². The van der Waals surface area contributed by atoms with Gasteiger partial charge in [0.25, 0.3) is 0 Å². The standard InChI is InChI=1S/C17H9FO2/c18-13-6-3-5-11-10(13)8-9-15-16(11)17(19)12-4-1-2-7-14(12)20-15/h1-9H. The number of hydrogen-bond acceptors (Lipinski definition) is 2. The molecule has 2 nitrogen and oxygen atoms in total. The van der Waals surface area contributed by atoms with E-state index in [4.69, 9.17) is 4.42 Å². The molecule has 0 aliphatic heterocycles. The minimum atomic E-state index is -0.336. The van der Waals surface area contributed by atoms with E-state index in [0.29, 0.717) is 32.7 Å². The first kappa shape index (κ1) is 11.2. The average molecular weight is 264 g/mol. The maximum Gasteiger partial charge on any atom is 0.201 e. The number of para-hydroxylation sites is 1. The second kappa shape index (κ2) is 3.90. The summed E-state index contributed by atoms with van der Waals surface area (Å²) in [5, 5.41) is 1.96. The first-order valence-electron chi connectivity index (χ1n) is 6.28. The van der Waals surface area contributed by atoms with Crippen molar-refractivity contribution in [1.82, 2.24) is 0 Å². The monoisotopic (exact) mass is 264 g/mol. The van der Waals surface area contributed by atoms with Crippen molar-refractivity contribution in [2.75, 3.05) is 0 Å². The van der Waals surface area contributed by atoms with Crippen LogP contribution in [0.1, 0.15) is 0 Å². The zero-order chi connectivity index (χ0) is 13.7. The van der Waals surface area contributed by atoms with Crippen LogP contribution in [0.5, 0.6) is 0 Å². The van der Waals surface area contributed by atoms with Crippen LogP contribution in [0, 0.1) is 5.82 Å². The van der Waals surface area contributed by atoms with E-state index in [1.165, 1.54) is 6.07 Å². The van der Waals surface area contributed by atoms with Crippen LogP contribution in [-0.4, -0.2) is 0 Å². The van der Waals surface area contributed by atoms with Crippen molar-refractivity contribution < 1.29 is 8.81 Å². The molecule has 0 aliphatic rings. The number of benzene rings is 3. The van der Waals surface area contributed by atoms with Crippen LogP contribution in [0.4, 0.5) is 4.39 Å². The third-order valence-electron chi connectivity index (χ3n) is 3.55. The van der Waals surface area contributed by atoms with Gasteiger partial charge in [-0.3, -0.25) is 4.79 Å². The van der Waals surface area contributed by atoms with Crippen molar-refractivity contribution in [2.45, 2.75) is 0 Å². The quantitative estimate of drug-likeness (QED) is 0.351. The van der Waals surface area contributed by atoms with Gasteiger partial charge in [0.2, 0.25) is 5.43 Å². The van der Waals surface area contributed by atoms with Crippen LogP contribution in [-0.2, 0) is 0 Å². The molecule has 3 heteroatoms. The molecule has 0 saturated carbocycles. The van der Waals surface area contributed by atoms with Gasteiger partial charge in [-0.25, -0.2) is 4.39 Å². The van der Waals surface area contributed by atoms with Crippen LogP contribution >= 0.6 is 0 Å². The highest BCUT2D eigenvalue weighted by Gasteiger charge is 2.11. The summed E-state index contributed by atoms with van der Waals surface area (Å²) < 4.78 is 19.6. The molecule has 4 aromatic rings. The van der Waals surface area contributed by atoms with E-state index in [2.05, 4.69) is 0 Å². The van der Waals surface area contributed by atoms with E-state index in [0.717, 1.165) is 0 Å². The fourth-order valence-corrected chi connectivity index (χ4v) is 2.62. The normalized spacial score (nSPS) is 11.4. The van der Waals surface area contributed by atoms with Crippen molar-refractivity contribution in [3.8, 4) is 0 Å². The van der Waals surface area contributed by atoms with Crippen LogP contribution in [0.25, 0.3) is 32.7 Å². The van der Waals surface area contributed by atoms with Crippen LogP contribution in [0.2, 0.25) is 0 Å². The minimum Gasteiger partial charge on any atom is -0.456 e. The lowest BCUT2D eigenvalue weighted by Gasteiger charge is -2.05. The molecule has 0 radical (unpaired) electrons. The van der Waals surface area contributed by atoms with Gasteiger partial charge >= 0.3 is 0 Å². The summed E-state index contributed by atoms with van der Waals surface area (Å²) in [6.07, 6.45) is 0. The predicted octanol–water partition coefficient (Wildman–Crippen LogP) is 4.24. The van der Waals surface area contributed by atoms with Crippen molar-refractivity contribution in [1.29, 1.82) is 0 Å². The largest absolute Gasteiger partial charge is 0.456 e. The minimum absolute atomic E-state index is 0.127. The van der Waals surface area contributed by atoms with Gasteiger partial charge in [0, 0.05) is 5.39 Å². The summed E-state index contributed by atoms with van der Waals surface area (Å²) in [6.45, 7) is 0. The Hall–Kier alpha value is -2.68. The molecule has 96 valence electrons. The van der Waals surface area contributed by atoms with Crippen molar-refractivity contribution >= 4 is 32.7 Å². The lowest BCUT2D eigenvalue weighted by Crippen LogP contribution is -2.02. The summed E-state index contributed by atoms with van der Waals surface area (Å²) in [7, 11) is 0. The third kappa shape index (κ3) is 1.40. The smallest absolute Gasteiger partial charge is 0.201 e. The molecule has 0 N–H and O–H groups in total. The highest BCUT2D eigenvalue weighted by molar-refractivity contribution is 6.08.